The molecule has 0 atom stereocenters. The van der Waals surface area contributed by atoms with Crippen LogP contribution in [0.2, 0.25) is 0 Å². The predicted molar refractivity (Wildman–Crippen MR) is 79.2 cm³/mol. The van der Waals surface area contributed by atoms with Crippen molar-refractivity contribution in [1.82, 2.24) is 0 Å². The van der Waals surface area contributed by atoms with E-state index in [-0.39, 0.29) is 5.41 Å². The SMILES string of the molecule is CCCCCCC(C)(C)c1cc(N)cc(OC)c1. The molecule has 0 aliphatic rings. The fraction of sp³-hybridized carbons (Fsp3) is 0.625. The van der Waals surface area contributed by atoms with Crippen LogP contribution in [0.5, 0.6) is 5.75 Å². The number of methoxy groups -OCH3 is 1. The Morgan fingerprint density at radius 3 is 2.44 bits per heavy atom. The summed E-state index contributed by atoms with van der Waals surface area (Å²) in [7, 11) is 1.69. The van der Waals surface area contributed by atoms with Gasteiger partial charge in [0.15, 0.2) is 0 Å². The maximum Gasteiger partial charge on any atom is 0.121 e. The molecule has 0 aromatic heterocycles. The van der Waals surface area contributed by atoms with Gasteiger partial charge in [-0.3, -0.25) is 0 Å². The highest BCUT2D eigenvalue weighted by molar-refractivity contribution is 5.49. The van der Waals surface area contributed by atoms with Gasteiger partial charge in [-0.2, -0.15) is 0 Å². The first kappa shape index (κ1) is 14.9. The van der Waals surface area contributed by atoms with Gasteiger partial charge in [0.1, 0.15) is 5.75 Å². The zero-order chi connectivity index (χ0) is 13.6. The van der Waals surface area contributed by atoms with Gasteiger partial charge in [-0.15, -0.1) is 0 Å². The minimum Gasteiger partial charge on any atom is -0.497 e. The summed E-state index contributed by atoms with van der Waals surface area (Å²) < 4.78 is 5.29. The fourth-order valence-corrected chi connectivity index (χ4v) is 2.27. The number of hydrogen-bond acceptors (Lipinski definition) is 2. The molecule has 102 valence electrons. The van der Waals surface area contributed by atoms with Crippen molar-refractivity contribution >= 4 is 5.69 Å². The van der Waals surface area contributed by atoms with Crippen LogP contribution in [-0.4, -0.2) is 7.11 Å². The lowest BCUT2D eigenvalue weighted by Crippen LogP contribution is -2.17. The van der Waals surface area contributed by atoms with E-state index in [2.05, 4.69) is 32.9 Å². The van der Waals surface area contributed by atoms with E-state index in [4.69, 9.17) is 10.5 Å². The first-order valence-corrected chi connectivity index (χ1v) is 6.94. The molecule has 18 heavy (non-hydrogen) atoms. The van der Waals surface area contributed by atoms with Crippen LogP contribution in [0, 0.1) is 0 Å². The molecular weight excluding hydrogens is 222 g/mol. The van der Waals surface area contributed by atoms with Crippen LogP contribution in [0.25, 0.3) is 0 Å². The maximum absolute atomic E-state index is 5.93. The smallest absolute Gasteiger partial charge is 0.121 e. The number of anilines is 1. The van der Waals surface area contributed by atoms with Crippen LogP contribution in [0.4, 0.5) is 5.69 Å². The Balaban J connectivity index is 2.73. The normalized spacial score (nSPS) is 11.6. The maximum atomic E-state index is 5.93. The number of rotatable bonds is 7. The Morgan fingerprint density at radius 2 is 1.83 bits per heavy atom. The zero-order valence-corrected chi connectivity index (χ0v) is 12.3. The summed E-state index contributed by atoms with van der Waals surface area (Å²) in [5.74, 6) is 0.853. The summed E-state index contributed by atoms with van der Waals surface area (Å²) in [5, 5.41) is 0. The third-order valence-corrected chi connectivity index (χ3v) is 3.60. The van der Waals surface area contributed by atoms with Gasteiger partial charge in [-0.1, -0.05) is 46.5 Å². The number of unbranched alkanes of at least 4 members (excludes halogenated alkanes) is 3. The predicted octanol–water partition coefficient (Wildman–Crippen LogP) is 4.53. The lowest BCUT2D eigenvalue weighted by Gasteiger charge is -2.26. The van der Waals surface area contributed by atoms with Gasteiger partial charge in [0, 0.05) is 11.8 Å². The third-order valence-electron chi connectivity index (χ3n) is 3.60. The lowest BCUT2D eigenvalue weighted by molar-refractivity contribution is 0.408. The van der Waals surface area contributed by atoms with Gasteiger partial charge in [0.25, 0.3) is 0 Å². The molecule has 2 N–H and O–H groups in total. The number of nitrogens with two attached hydrogens (primary N) is 1. The highest BCUT2D eigenvalue weighted by atomic mass is 16.5. The van der Waals surface area contributed by atoms with Crippen LogP contribution < -0.4 is 10.5 Å². The molecule has 0 radical (unpaired) electrons. The van der Waals surface area contributed by atoms with Crippen LogP contribution in [0.1, 0.15) is 58.4 Å². The molecule has 0 saturated carbocycles. The minimum absolute atomic E-state index is 0.163. The van der Waals surface area contributed by atoms with Gasteiger partial charge in [0.05, 0.1) is 7.11 Å². The molecule has 0 unspecified atom stereocenters. The summed E-state index contributed by atoms with van der Waals surface area (Å²) in [5.41, 5.74) is 8.15. The quantitative estimate of drug-likeness (QED) is 0.569. The molecule has 0 aliphatic carbocycles. The average Bonchev–Trinajstić information content (AvgIpc) is 2.34. The number of benzene rings is 1. The van der Waals surface area contributed by atoms with Crippen molar-refractivity contribution in [2.75, 3.05) is 12.8 Å². The number of hydrogen-bond donors (Lipinski definition) is 1. The van der Waals surface area contributed by atoms with Gasteiger partial charge in [-0.25, -0.2) is 0 Å². The van der Waals surface area contributed by atoms with Crippen molar-refractivity contribution < 1.29 is 4.74 Å². The van der Waals surface area contributed by atoms with Crippen LogP contribution in [0.3, 0.4) is 0 Å². The first-order valence-electron chi connectivity index (χ1n) is 6.94. The molecule has 1 aromatic carbocycles. The van der Waals surface area contributed by atoms with E-state index in [0.717, 1.165) is 11.4 Å². The van der Waals surface area contributed by atoms with Crippen LogP contribution in [0.15, 0.2) is 18.2 Å². The van der Waals surface area contributed by atoms with E-state index < -0.39 is 0 Å². The van der Waals surface area contributed by atoms with Gasteiger partial charge < -0.3 is 10.5 Å². The van der Waals surface area contributed by atoms with Crippen molar-refractivity contribution in [3.05, 3.63) is 23.8 Å². The Labute approximate surface area is 112 Å². The molecule has 1 rings (SSSR count). The van der Waals surface area contributed by atoms with Gasteiger partial charge in [-0.05, 0) is 29.5 Å². The Kier molecular flexibility index (Phi) is 5.52. The molecule has 0 spiro atoms. The van der Waals surface area contributed by atoms with Crippen molar-refractivity contribution in [2.24, 2.45) is 0 Å². The molecular formula is C16H27NO. The van der Waals surface area contributed by atoms with Crippen molar-refractivity contribution in [1.29, 1.82) is 0 Å². The van der Waals surface area contributed by atoms with Crippen molar-refractivity contribution in [3.8, 4) is 5.75 Å². The molecule has 0 amide bonds. The fourth-order valence-electron chi connectivity index (χ4n) is 2.27. The van der Waals surface area contributed by atoms with E-state index >= 15 is 0 Å². The molecule has 0 aliphatic heterocycles. The van der Waals surface area contributed by atoms with E-state index in [1.54, 1.807) is 7.11 Å². The zero-order valence-electron chi connectivity index (χ0n) is 12.3. The standard InChI is InChI=1S/C16H27NO/c1-5-6-7-8-9-16(2,3)13-10-14(17)12-15(11-13)18-4/h10-12H,5-9,17H2,1-4H3. The third kappa shape index (κ3) is 4.25. The second-order valence-electron chi connectivity index (χ2n) is 5.69. The Hall–Kier alpha value is -1.18. The number of nitrogen functional groups attached to an aromatic ring is 1. The molecule has 0 fully saturated rings. The molecule has 2 heteroatoms. The van der Waals surface area contributed by atoms with Gasteiger partial charge in [0.2, 0.25) is 0 Å². The van der Waals surface area contributed by atoms with E-state index in [1.165, 1.54) is 37.7 Å². The second-order valence-corrected chi connectivity index (χ2v) is 5.69. The monoisotopic (exact) mass is 249 g/mol. The van der Waals surface area contributed by atoms with Crippen LogP contribution in [-0.2, 0) is 5.41 Å². The van der Waals surface area contributed by atoms with Crippen molar-refractivity contribution in [3.63, 3.8) is 0 Å². The largest absolute Gasteiger partial charge is 0.497 e. The Bertz CT molecular complexity index is 371. The van der Waals surface area contributed by atoms with Crippen molar-refractivity contribution in [2.45, 2.75) is 58.3 Å². The molecule has 0 heterocycles. The lowest BCUT2D eigenvalue weighted by atomic mass is 9.79. The summed E-state index contributed by atoms with van der Waals surface area (Å²) in [4.78, 5) is 0. The first-order chi connectivity index (χ1) is 8.49. The highest BCUT2D eigenvalue weighted by Gasteiger charge is 2.21. The van der Waals surface area contributed by atoms with E-state index in [1.807, 2.05) is 6.07 Å². The Morgan fingerprint density at radius 1 is 1.11 bits per heavy atom. The molecule has 2 nitrogen and oxygen atoms in total. The van der Waals surface area contributed by atoms with Crippen LogP contribution >= 0.6 is 0 Å². The molecule has 0 saturated heterocycles. The van der Waals surface area contributed by atoms with E-state index in [0.29, 0.717) is 0 Å². The summed E-state index contributed by atoms with van der Waals surface area (Å²) in [6, 6.07) is 6.05. The highest BCUT2D eigenvalue weighted by Crippen LogP contribution is 2.33. The topological polar surface area (TPSA) is 35.2 Å². The molecule has 1 aromatic rings. The second kappa shape index (κ2) is 6.67. The summed E-state index contributed by atoms with van der Waals surface area (Å²) in [6.45, 7) is 6.81. The summed E-state index contributed by atoms with van der Waals surface area (Å²) in [6.07, 6.45) is 6.40. The summed E-state index contributed by atoms with van der Waals surface area (Å²) >= 11 is 0. The van der Waals surface area contributed by atoms with Gasteiger partial charge >= 0.3 is 0 Å². The average molecular weight is 249 g/mol. The van der Waals surface area contributed by atoms with E-state index in [9.17, 15) is 0 Å². The minimum atomic E-state index is 0.163. The number of ether oxygens (including phenoxy) is 1. The molecule has 0 bridgehead atoms.